The summed E-state index contributed by atoms with van der Waals surface area (Å²) in [7, 11) is 0. The first kappa shape index (κ1) is 8.59. The smallest absolute Gasteiger partial charge is 0.201 e. The quantitative estimate of drug-likeness (QED) is 0.536. The molecule has 3 heteroatoms. The third-order valence-corrected chi connectivity index (χ3v) is 1.38. The Kier molecular flexibility index (Phi) is 3.14. The molecule has 0 spiro atoms. The molecule has 0 aliphatic heterocycles. The van der Waals surface area contributed by atoms with Gasteiger partial charge in [-0.25, -0.2) is 0 Å². The molecule has 0 atom stereocenters. The summed E-state index contributed by atoms with van der Waals surface area (Å²) in [6.45, 7) is 0.331. The molecule has 3 nitrogen and oxygen atoms in total. The largest absolute Gasteiger partial charge is 0.491 e. The lowest BCUT2D eigenvalue weighted by Crippen LogP contribution is -2.00. The van der Waals surface area contributed by atoms with Crippen LogP contribution in [0.4, 0.5) is 5.69 Å². The van der Waals surface area contributed by atoms with E-state index < -0.39 is 0 Å². The van der Waals surface area contributed by atoms with Gasteiger partial charge in [-0.15, -0.1) is 0 Å². The first-order valence-corrected chi connectivity index (χ1v) is 3.67. The number of rotatable bonds is 4. The van der Waals surface area contributed by atoms with Gasteiger partial charge in [0.1, 0.15) is 5.75 Å². The zero-order chi connectivity index (χ0) is 8.81. The summed E-state index contributed by atoms with van der Waals surface area (Å²) in [6, 6.07) is 7.17. The van der Waals surface area contributed by atoms with Gasteiger partial charge in [0.15, 0.2) is 0 Å². The van der Waals surface area contributed by atoms with Gasteiger partial charge in [0.05, 0.1) is 12.3 Å². The lowest BCUT2D eigenvalue weighted by Gasteiger charge is -2.05. The van der Waals surface area contributed by atoms with Gasteiger partial charge in [-0.05, 0) is 12.1 Å². The van der Waals surface area contributed by atoms with E-state index in [1.807, 2.05) is 12.1 Å². The highest BCUT2D eigenvalue weighted by Crippen LogP contribution is 2.19. The zero-order valence-corrected chi connectivity index (χ0v) is 6.62. The third kappa shape index (κ3) is 2.27. The van der Waals surface area contributed by atoms with Crippen molar-refractivity contribution in [2.45, 2.75) is 6.42 Å². The van der Waals surface area contributed by atoms with Crippen molar-refractivity contribution in [1.29, 1.82) is 0 Å². The van der Waals surface area contributed by atoms with Crippen molar-refractivity contribution in [3.63, 3.8) is 0 Å². The number of para-hydroxylation sites is 2. The van der Waals surface area contributed by atoms with Crippen LogP contribution in [-0.2, 0) is 4.79 Å². The van der Waals surface area contributed by atoms with Crippen LogP contribution < -0.4 is 10.5 Å². The molecule has 0 aliphatic rings. The summed E-state index contributed by atoms with van der Waals surface area (Å²) in [5.41, 5.74) is 6.17. The molecule has 0 aliphatic carbocycles. The lowest BCUT2D eigenvalue weighted by atomic mass is 10.3. The van der Waals surface area contributed by atoms with Crippen LogP contribution in [0.5, 0.6) is 5.75 Å². The second-order valence-corrected chi connectivity index (χ2v) is 2.28. The number of nitrogen functional groups attached to an aromatic ring is 1. The van der Waals surface area contributed by atoms with E-state index in [1.165, 1.54) is 0 Å². The molecule has 63 valence electrons. The number of carbonyl (C=O) groups excluding carboxylic acids is 1. The van der Waals surface area contributed by atoms with E-state index in [0.29, 0.717) is 18.0 Å². The summed E-state index contributed by atoms with van der Waals surface area (Å²) >= 11 is 0. The molecular formula is C9H10NO2. The van der Waals surface area contributed by atoms with Crippen molar-refractivity contribution in [2.75, 3.05) is 12.3 Å². The predicted molar refractivity (Wildman–Crippen MR) is 46.7 cm³/mol. The molecule has 1 rings (SSSR count). The van der Waals surface area contributed by atoms with Crippen LogP contribution in [0, 0.1) is 0 Å². The fourth-order valence-corrected chi connectivity index (χ4v) is 0.815. The van der Waals surface area contributed by atoms with E-state index in [0.717, 1.165) is 0 Å². The van der Waals surface area contributed by atoms with E-state index in [2.05, 4.69) is 0 Å². The minimum absolute atomic E-state index is 0.272. The zero-order valence-electron chi connectivity index (χ0n) is 6.62. The van der Waals surface area contributed by atoms with Crippen LogP contribution in [0.3, 0.4) is 0 Å². The second kappa shape index (κ2) is 4.38. The SMILES string of the molecule is Nc1ccccc1OCC[C]=O. The van der Waals surface area contributed by atoms with Crippen LogP contribution in [0.15, 0.2) is 24.3 Å². The summed E-state index contributed by atoms with van der Waals surface area (Å²) < 4.78 is 5.19. The van der Waals surface area contributed by atoms with Crippen molar-refractivity contribution >= 4 is 12.0 Å². The summed E-state index contributed by atoms with van der Waals surface area (Å²) in [5, 5.41) is 0. The van der Waals surface area contributed by atoms with Gasteiger partial charge < -0.3 is 10.5 Å². The highest BCUT2D eigenvalue weighted by atomic mass is 16.5. The van der Waals surface area contributed by atoms with Crippen LogP contribution in [0.1, 0.15) is 6.42 Å². The van der Waals surface area contributed by atoms with E-state index >= 15 is 0 Å². The molecule has 1 aromatic carbocycles. The Morgan fingerprint density at radius 3 is 2.83 bits per heavy atom. The standard InChI is InChI=1S/C9H10NO2/c10-8-4-1-2-5-9(8)12-7-3-6-11/h1-2,4-5H,3,7,10H2. The Morgan fingerprint density at radius 1 is 1.42 bits per heavy atom. The average Bonchev–Trinajstić information content (AvgIpc) is 2.09. The molecule has 1 aromatic rings. The highest BCUT2D eigenvalue weighted by molar-refractivity contribution is 5.53. The predicted octanol–water partition coefficient (Wildman–Crippen LogP) is 1.15. The van der Waals surface area contributed by atoms with Crippen molar-refractivity contribution in [3.05, 3.63) is 24.3 Å². The van der Waals surface area contributed by atoms with Gasteiger partial charge in [0.2, 0.25) is 6.29 Å². The maximum Gasteiger partial charge on any atom is 0.201 e. The molecule has 0 amide bonds. The Labute approximate surface area is 71.1 Å². The van der Waals surface area contributed by atoms with Crippen molar-refractivity contribution in [2.24, 2.45) is 0 Å². The summed E-state index contributed by atoms with van der Waals surface area (Å²) in [5.74, 6) is 0.618. The minimum Gasteiger partial charge on any atom is -0.491 e. The lowest BCUT2D eigenvalue weighted by molar-refractivity contribution is 0.328. The van der Waals surface area contributed by atoms with Crippen LogP contribution >= 0.6 is 0 Å². The fraction of sp³-hybridized carbons (Fsp3) is 0.222. The molecule has 0 heterocycles. The molecule has 0 aromatic heterocycles. The summed E-state index contributed by atoms with van der Waals surface area (Å²) in [4.78, 5) is 9.84. The molecule has 0 unspecified atom stereocenters. The van der Waals surface area contributed by atoms with Gasteiger partial charge >= 0.3 is 0 Å². The third-order valence-electron chi connectivity index (χ3n) is 1.38. The number of nitrogens with two attached hydrogens (primary N) is 1. The van der Waals surface area contributed by atoms with Gasteiger partial charge in [0, 0.05) is 6.42 Å². The monoisotopic (exact) mass is 164 g/mol. The Hall–Kier alpha value is -1.51. The van der Waals surface area contributed by atoms with E-state index in [4.69, 9.17) is 10.5 Å². The molecule has 1 radical (unpaired) electrons. The van der Waals surface area contributed by atoms with Crippen molar-refractivity contribution < 1.29 is 9.53 Å². The number of hydrogen-bond donors (Lipinski definition) is 1. The molecule has 12 heavy (non-hydrogen) atoms. The fourth-order valence-electron chi connectivity index (χ4n) is 0.815. The minimum atomic E-state index is 0.272. The number of benzene rings is 1. The number of hydrogen-bond acceptors (Lipinski definition) is 3. The molecule has 2 N–H and O–H groups in total. The molecule has 0 saturated carbocycles. The first-order chi connectivity index (χ1) is 5.84. The Balaban J connectivity index is 2.51. The average molecular weight is 164 g/mol. The van der Waals surface area contributed by atoms with Crippen LogP contribution in [0.25, 0.3) is 0 Å². The van der Waals surface area contributed by atoms with Crippen molar-refractivity contribution in [3.8, 4) is 5.75 Å². The van der Waals surface area contributed by atoms with Gasteiger partial charge in [-0.1, -0.05) is 12.1 Å². The van der Waals surface area contributed by atoms with Crippen LogP contribution in [-0.4, -0.2) is 12.9 Å². The van der Waals surface area contributed by atoms with Crippen molar-refractivity contribution in [1.82, 2.24) is 0 Å². The molecular weight excluding hydrogens is 154 g/mol. The Bertz CT molecular complexity index is 260. The maximum absolute atomic E-state index is 9.84. The normalized spacial score (nSPS) is 9.33. The van der Waals surface area contributed by atoms with Gasteiger partial charge in [-0.3, -0.25) is 4.79 Å². The van der Waals surface area contributed by atoms with Gasteiger partial charge in [0.25, 0.3) is 0 Å². The van der Waals surface area contributed by atoms with E-state index in [9.17, 15) is 4.79 Å². The molecule has 0 saturated heterocycles. The van der Waals surface area contributed by atoms with Gasteiger partial charge in [-0.2, -0.15) is 0 Å². The Morgan fingerprint density at radius 2 is 2.17 bits per heavy atom. The second-order valence-electron chi connectivity index (χ2n) is 2.28. The number of ether oxygens (including phenoxy) is 1. The topological polar surface area (TPSA) is 52.3 Å². The highest BCUT2D eigenvalue weighted by Gasteiger charge is 1.96. The van der Waals surface area contributed by atoms with Crippen LogP contribution in [0.2, 0.25) is 0 Å². The molecule has 0 fully saturated rings. The van der Waals surface area contributed by atoms with E-state index in [1.54, 1.807) is 18.4 Å². The maximum atomic E-state index is 9.84. The summed E-state index contributed by atoms with van der Waals surface area (Å²) in [6.07, 6.45) is 2.01. The van der Waals surface area contributed by atoms with E-state index in [-0.39, 0.29) is 6.42 Å². The first-order valence-electron chi connectivity index (χ1n) is 3.67. The molecule has 0 bridgehead atoms. The number of anilines is 1.